The van der Waals surface area contributed by atoms with Gasteiger partial charge < -0.3 is 5.32 Å². The molecule has 0 unspecified atom stereocenters. The quantitative estimate of drug-likeness (QED) is 0.791. The molecule has 5 heteroatoms. The van der Waals surface area contributed by atoms with Crippen molar-refractivity contribution in [3.05, 3.63) is 64.6 Å². The second-order valence-corrected chi connectivity index (χ2v) is 5.24. The normalized spacial score (nSPS) is 10.2. The van der Waals surface area contributed by atoms with E-state index in [1.165, 1.54) is 12.7 Å². The minimum Gasteiger partial charge on any atom is -0.326 e. The van der Waals surface area contributed by atoms with E-state index in [9.17, 15) is 9.70 Å². The summed E-state index contributed by atoms with van der Waals surface area (Å²) in [6.07, 6.45) is 2.22. The molecule has 0 aliphatic carbocycles. The molecule has 0 fully saturated rings. The average Bonchev–Trinajstić information content (AvgIpc) is 2.56. The van der Waals surface area contributed by atoms with Crippen LogP contribution >= 0.6 is 0 Å². The first-order valence-electron chi connectivity index (χ1n) is 7.62. The molecule has 1 amide bonds. The predicted molar refractivity (Wildman–Crippen MR) is 89.5 cm³/mol. The van der Waals surface area contributed by atoms with Crippen LogP contribution in [-0.4, -0.2) is 17.9 Å². The lowest BCUT2D eigenvalue weighted by atomic mass is 10.1. The summed E-state index contributed by atoms with van der Waals surface area (Å²) in [6.45, 7) is 2.13. The van der Waals surface area contributed by atoms with Crippen LogP contribution in [0.2, 0.25) is 0 Å². The van der Waals surface area contributed by atoms with Crippen molar-refractivity contribution in [2.75, 3.05) is 12.4 Å². The zero-order valence-electron chi connectivity index (χ0n) is 13.4. The number of rotatable bonds is 7. The molecule has 0 aliphatic heterocycles. The number of amides is 1. The number of carbonyl (C=O) groups excluding carboxylic acids is 1. The largest absolute Gasteiger partial charge is 0.326 e. The van der Waals surface area contributed by atoms with Gasteiger partial charge in [0, 0.05) is 17.3 Å². The molecule has 0 aromatic heterocycles. The maximum absolute atomic E-state index is 12.2. The van der Waals surface area contributed by atoms with Crippen molar-refractivity contribution in [2.24, 2.45) is 0 Å². The smallest absolute Gasteiger partial charge is 0.320 e. The molecule has 120 valence electrons. The summed E-state index contributed by atoms with van der Waals surface area (Å²) in [5, 5.41) is 2.84. The fourth-order valence-electron chi connectivity index (χ4n) is 2.36. The van der Waals surface area contributed by atoms with Crippen molar-refractivity contribution in [1.82, 2.24) is 0 Å². The Hall–Kier alpha value is -2.69. The molecule has 0 aliphatic rings. The number of nitrogens with zero attached hydrogens (tertiary/aromatic N) is 1. The van der Waals surface area contributed by atoms with Crippen LogP contribution in [0.4, 0.5) is 11.4 Å². The maximum Gasteiger partial charge on any atom is 0.320 e. The summed E-state index contributed by atoms with van der Waals surface area (Å²) in [7, 11) is 1.29. The zero-order chi connectivity index (χ0) is 16.7. The summed E-state index contributed by atoms with van der Waals surface area (Å²) in [5.74, 6) is -0.176. The van der Waals surface area contributed by atoms with E-state index in [1.807, 2.05) is 24.3 Å². The van der Waals surface area contributed by atoms with Crippen molar-refractivity contribution < 1.29 is 14.6 Å². The number of hydrogen-bond acceptors (Lipinski definition) is 3. The van der Waals surface area contributed by atoms with Crippen molar-refractivity contribution in [3.63, 3.8) is 0 Å². The Balaban J connectivity index is 2.04. The van der Waals surface area contributed by atoms with Crippen LogP contribution in [0.15, 0.2) is 48.5 Å². The van der Waals surface area contributed by atoms with Gasteiger partial charge in [-0.2, -0.15) is 0 Å². The molecule has 0 radical (unpaired) electrons. The Bertz CT molecular complexity index is 681. The van der Waals surface area contributed by atoms with Crippen molar-refractivity contribution in [3.8, 4) is 0 Å². The number of nitrogens with one attached hydrogen (secondary N) is 1. The third kappa shape index (κ3) is 4.64. The molecule has 23 heavy (non-hydrogen) atoms. The Kier molecular flexibility index (Phi) is 5.86. The summed E-state index contributed by atoms with van der Waals surface area (Å²) >= 11 is 0. The summed E-state index contributed by atoms with van der Waals surface area (Å²) in [4.78, 5) is 28.9. The average molecular weight is 313 g/mol. The van der Waals surface area contributed by atoms with E-state index in [0.29, 0.717) is 16.2 Å². The molecule has 2 rings (SSSR count). The third-order valence-electron chi connectivity index (χ3n) is 3.48. The van der Waals surface area contributed by atoms with Crippen LogP contribution in [0.5, 0.6) is 0 Å². The first-order valence-corrected chi connectivity index (χ1v) is 7.62. The first-order chi connectivity index (χ1) is 11.1. The molecule has 0 bridgehead atoms. The van der Waals surface area contributed by atoms with Gasteiger partial charge in [-0.05, 0) is 24.1 Å². The van der Waals surface area contributed by atoms with Crippen LogP contribution in [0, 0.1) is 4.91 Å². The minimum absolute atomic E-state index is 0.106. The van der Waals surface area contributed by atoms with Crippen LogP contribution in [0.25, 0.3) is 0 Å². The van der Waals surface area contributed by atoms with E-state index in [4.69, 9.17) is 0 Å². The molecular weight excluding hydrogens is 292 g/mol. The van der Waals surface area contributed by atoms with E-state index >= 15 is 0 Å². The Morgan fingerprint density at radius 3 is 2.48 bits per heavy atom. The Morgan fingerprint density at radius 2 is 1.83 bits per heavy atom. The lowest BCUT2D eigenvalue weighted by Crippen LogP contribution is -2.15. The van der Waals surface area contributed by atoms with E-state index in [-0.39, 0.29) is 12.3 Å². The van der Waals surface area contributed by atoms with Gasteiger partial charge in [-0.25, -0.2) is 4.84 Å². The summed E-state index contributed by atoms with van der Waals surface area (Å²) in [5.41, 5.74) is 2.95. The number of anilines is 1. The van der Waals surface area contributed by atoms with E-state index in [2.05, 4.69) is 17.1 Å². The lowest BCUT2D eigenvalue weighted by Gasteiger charge is -2.06. The fraction of sp³-hybridized carbons (Fsp3) is 0.278. The van der Waals surface area contributed by atoms with Gasteiger partial charge in [-0.15, -0.1) is 0 Å². The van der Waals surface area contributed by atoms with Crippen LogP contribution < -0.4 is 5.32 Å². The Labute approximate surface area is 135 Å². The molecule has 0 saturated carbocycles. The van der Waals surface area contributed by atoms with Crippen molar-refractivity contribution in [2.45, 2.75) is 26.2 Å². The van der Waals surface area contributed by atoms with Crippen LogP contribution in [-0.2, 0) is 22.5 Å². The summed E-state index contributed by atoms with van der Waals surface area (Å²) in [6, 6.07) is 14.7. The van der Waals surface area contributed by atoms with E-state index in [1.54, 1.807) is 24.3 Å². The van der Waals surface area contributed by atoms with Crippen molar-refractivity contribution in [1.29, 1.82) is 0 Å². The standard InChI is InChI=1S/C18H20N2O3/c1-3-6-14-9-11-16(12-10-14)19-18(21)13-15-7-4-5-8-17(15)20(22)23-2/h4-5,7-12H,3,6,13H2,1-2H3/p+1. The number of para-hydroxylation sites is 1. The molecule has 0 heterocycles. The second-order valence-electron chi connectivity index (χ2n) is 5.24. The first kappa shape index (κ1) is 16.7. The van der Waals surface area contributed by atoms with Gasteiger partial charge in [-0.3, -0.25) is 4.79 Å². The number of aryl methyl sites for hydroxylation is 1. The zero-order valence-corrected chi connectivity index (χ0v) is 13.4. The topological polar surface area (TPSA) is 58.4 Å². The van der Waals surface area contributed by atoms with Crippen LogP contribution in [0.3, 0.4) is 0 Å². The van der Waals surface area contributed by atoms with E-state index in [0.717, 1.165) is 18.5 Å². The highest BCUT2D eigenvalue weighted by molar-refractivity contribution is 5.92. The van der Waals surface area contributed by atoms with Gasteiger partial charge in [-0.1, -0.05) is 43.7 Å². The van der Waals surface area contributed by atoms with Crippen LogP contribution in [0.1, 0.15) is 24.5 Å². The second kappa shape index (κ2) is 8.08. The van der Waals surface area contributed by atoms with E-state index < -0.39 is 0 Å². The molecule has 5 nitrogen and oxygen atoms in total. The number of benzene rings is 2. The molecule has 2 aromatic carbocycles. The van der Waals surface area contributed by atoms with Gasteiger partial charge in [0.25, 0.3) is 4.92 Å². The van der Waals surface area contributed by atoms with Gasteiger partial charge in [0.15, 0.2) is 7.11 Å². The Morgan fingerprint density at radius 1 is 1.13 bits per heavy atom. The highest BCUT2D eigenvalue weighted by Gasteiger charge is 2.21. The molecule has 0 saturated heterocycles. The predicted octanol–water partition coefficient (Wildman–Crippen LogP) is 3.79. The molecule has 0 spiro atoms. The van der Waals surface area contributed by atoms with Gasteiger partial charge in [0.1, 0.15) is 0 Å². The lowest BCUT2D eigenvalue weighted by molar-refractivity contribution is -0.737. The third-order valence-corrected chi connectivity index (χ3v) is 3.48. The molecule has 1 N–H and O–H groups in total. The number of hydrogen-bond donors (Lipinski definition) is 1. The number of carbonyl (C=O) groups is 1. The molecule has 2 aromatic rings. The highest BCUT2D eigenvalue weighted by atomic mass is 16.8. The summed E-state index contributed by atoms with van der Waals surface area (Å²) < 4.78 is 0. The monoisotopic (exact) mass is 313 g/mol. The molecular formula is C18H21N2O3+. The van der Waals surface area contributed by atoms with Gasteiger partial charge in [0.05, 0.1) is 11.3 Å². The molecule has 0 atom stereocenters. The SMILES string of the molecule is CCCc1ccc(NC(=O)Cc2ccccc2[N+](=O)OC)cc1. The van der Waals surface area contributed by atoms with Gasteiger partial charge >= 0.3 is 5.69 Å². The minimum atomic E-state index is -0.176. The highest BCUT2D eigenvalue weighted by Crippen LogP contribution is 2.19. The fourth-order valence-corrected chi connectivity index (χ4v) is 2.36. The maximum atomic E-state index is 12.2. The van der Waals surface area contributed by atoms with Gasteiger partial charge in [0.2, 0.25) is 5.91 Å². The van der Waals surface area contributed by atoms with Crippen molar-refractivity contribution >= 4 is 17.3 Å².